The minimum atomic E-state index is 0.0466. The summed E-state index contributed by atoms with van der Waals surface area (Å²) in [6, 6.07) is 2.64. The van der Waals surface area contributed by atoms with E-state index in [1.54, 1.807) is 6.20 Å². The summed E-state index contributed by atoms with van der Waals surface area (Å²) in [4.78, 5) is 26.5. The number of hydrogen-bond donors (Lipinski definition) is 1. The molecule has 1 saturated heterocycles. The zero-order valence-electron chi connectivity index (χ0n) is 16.3. The van der Waals surface area contributed by atoms with E-state index in [-0.39, 0.29) is 18.7 Å². The zero-order valence-corrected chi connectivity index (χ0v) is 16.3. The summed E-state index contributed by atoms with van der Waals surface area (Å²) in [6.45, 7) is 10.2. The Morgan fingerprint density at radius 1 is 1.15 bits per heavy atom. The van der Waals surface area contributed by atoms with Gasteiger partial charge in [-0.05, 0) is 33.8 Å². The highest BCUT2D eigenvalue weighted by atomic mass is 16.5. The van der Waals surface area contributed by atoms with Crippen molar-refractivity contribution in [3.8, 4) is 6.01 Å². The average Bonchev–Trinajstić information content (AvgIpc) is 2.61. The average molecular weight is 373 g/mol. The molecule has 0 unspecified atom stereocenters. The number of hydrogen-bond acceptors (Lipinski definition) is 9. The van der Waals surface area contributed by atoms with Gasteiger partial charge in [-0.15, -0.1) is 0 Å². The van der Waals surface area contributed by atoms with Crippen molar-refractivity contribution < 1.29 is 9.84 Å². The van der Waals surface area contributed by atoms with Gasteiger partial charge in [-0.25, -0.2) is 9.97 Å². The molecule has 0 bridgehead atoms. The quantitative estimate of drug-likeness (QED) is 0.795. The van der Waals surface area contributed by atoms with Crippen LogP contribution in [0.3, 0.4) is 0 Å². The van der Waals surface area contributed by atoms with Crippen molar-refractivity contribution in [3.63, 3.8) is 0 Å². The summed E-state index contributed by atoms with van der Waals surface area (Å²) >= 11 is 0. The normalized spacial score (nSPS) is 20.0. The molecule has 3 heterocycles. The molecular weight excluding hydrogens is 346 g/mol. The van der Waals surface area contributed by atoms with Crippen LogP contribution in [0.25, 0.3) is 0 Å². The number of aliphatic hydroxyl groups excluding tert-OH is 1. The van der Waals surface area contributed by atoms with Crippen LogP contribution in [0.4, 0.5) is 11.8 Å². The van der Waals surface area contributed by atoms with Crippen LogP contribution in [0, 0.1) is 6.92 Å². The number of ether oxygens (including phenoxy) is 1. The Kier molecular flexibility index (Phi) is 6.00. The molecule has 3 rings (SSSR count). The predicted molar refractivity (Wildman–Crippen MR) is 102 cm³/mol. The summed E-state index contributed by atoms with van der Waals surface area (Å²) in [5, 5.41) is 9.12. The van der Waals surface area contributed by atoms with E-state index in [0.29, 0.717) is 36.6 Å². The molecule has 0 aromatic carbocycles. The van der Waals surface area contributed by atoms with Gasteiger partial charge in [0.25, 0.3) is 0 Å². The first-order chi connectivity index (χ1) is 13.0. The van der Waals surface area contributed by atoms with E-state index in [1.807, 2.05) is 19.9 Å². The van der Waals surface area contributed by atoms with E-state index in [1.165, 1.54) is 0 Å². The first kappa shape index (κ1) is 19.2. The second kappa shape index (κ2) is 8.43. The van der Waals surface area contributed by atoms with Gasteiger partial charge in [0.05, 0.1) is 13.2 Å². The Balaban J connectivity index is 1.80. The number of aryl methyl sites for hydroxylation is 1. The Morgan fingerprint density at radius 2 is 1.89 bits per heavy atom. The topological polar surface area (TPSA) is 100 Å². The Bertz CT molecular complexity index is 761. The number of nitrogens with zero attached hydrogens (tertiary/aromatic N) is 7. The van der Waals surface area contributed by atoms with Crippen molar-refractivity contribution in [2.75, 3.05) is 36.1 Å². The molecular formula is C18H27N7O2. The molecule has 1 aliphatic heterocycles. The van der Waals surface area contributed by atoms with Crippen molar-refractivity contribution in [2.45, 2.75) is 46.2 Å². The summed E-state index contributed by atoms with van der Waals surface area (Å²) in [7, 11) is 0. The van der Waals surface area contributed by atoms with E-state index < -0.39 is 0 Å². The van der Waals surface area contributed by atoms with Gasteiger partial charge in [-0.2, -0.15) is 15.0 Å². The highest BCUT2D eigenvalue weighted by Gasteiger charge is 2.32. The molecule has 0 aliphatic carbocycles. The van der Waals surface area contributed by atoms with E-state index >= 15 is 0 Å². The van der Waals surface area contributed by atoms with E-state index in [2.05, 4.69) is 48.6 Å². The molecule has 146 valence electrons. The maximum absolute atomic E-state index is 9.12. The third-order valence-electron chi connectivity index (χ3n) is 4.49. The molecule has 0 amide bonds. The predicted octanol–water partition coefficient (Wildman–Crippen LogP) is 1.01. The fraction of sp³-hybridized carbons (Fsp3) is 0.611. The molecule has 1 aliphatic rings. The first-order valence-corrected chi connectivity index (χ1v) is 9.33. The Hall–Kier alpha value is -2.55. The lowest BCUT2D eigenvalue weighted by atomic mass is 10.1. The summed E-state index contributed by atoms with van der Waals surface area (Å²) < 4.78 is 5.48. The van der Waals surface area contributed by atoms with Crippen LogP contribution in [0.1, 0.15) is 32.4 Å². The SMILES string of the molecule is CCOc1nc(C)nc(N2[C@H](C)CN(c3ccnc(CCO)n3)C[C@@H]2C)n1. The lowest BCUT2D eigenvalue weighted by Crippen LogP contribution is -2.58. The molecule has 0 spiro atoms. The highest BCUT2D eigenvalue weighted by Crippen LogP contribution is 2.25. The van der Waals surface area contributed by atoms with Crippen LogP contribution in [-0.4, -0.2) is 68.4 Å². The minimum absolute atomic E-state index is 0.0466. The third-order valence-corrected chi connectivity index (χ3v) is 4.49. The molecule has 9 nitrogen and oxygen atoms in total. The molecule has 1 fully saturated rings. The standard InChI is InChI=1S/C18H27N7O2/c1-5-27-18-21-14(4)20-17(23-18)25-12(2)10-24(11-13(25)3)16-6-8-19-15(22-16)7-9-26/h6,8,12-13,26H,5,7,9-11H2,1-4H3/t12-,13+. The van der Waals surface area contributed by atoms with Gasteiger partial charge >= 0.3 is 6.01 Å². The maximum atomic E-state index is 9.12. The van der Waals surface area contributed by atoms with Crippen molar-refractivity contribution in [3.05, 3.63) is 23.9 Å². The summed E-state index contributed by atoms with van der Waals surface area (Å²) in [5.41, 5.74) is 0. The van der Waals surface area contributed by atoms with Gasteiger partial charge in [0.2, 0.25) is 5.95 Å². The van der Waals surface area contributed by atoms with Crippen molar-refractivity contribution >= 4 is 11.8 Å². The molecule has 2 aromatic heterocycles. The molecule has 9 heteroatoms. The van der Waals surface area contributed by atoms with Gasteiger partial charge in [0.1, 0.15) is 17.5 Å². The number of piperazine rings is 1. The van der Waals surface area contributed by atoms with E-state index in [4.69, 9.17) is 9.84 Å². The zero-order chi connectivity index (χ0) is 19.4. The van der Waals surface area contributed by atoms with Crippen LogP contribution in [-0.2, 0) is 6.42 Å². The number of aliphatic hydroxyl groups is 1. The van der Waals surface area contributed by atoms with Crippen LogP contribution in [0.2, 0.25) is 0 Å². The van der Waals surface area contributed by atoms with Crippen molar-refractivity contribution in [2.24, 2.45) is 0 Å². The number of anilines is 2. The molecule has 0 radical (unpaired) electrons. The molecule has 2 atom stereocenters. The molecule has 0 saturated carbocycles. The maximum Gasteiger partial charge on any atom is 0.321 e. The number of aromatic nitrogens is 5. The van der Waals surface area contributed by atoms with E-state index in [0.717, 1.165) is 18.9 Å². The second-order valence-corrected chi connectivity index (χ2v) is 6.71. The molecule has 2 aromatic rings. The fourth-order valence-electron chi connectivity index (χ4n) is 3.44. The smallest absolute Gasteiger partial charge is 0.321 e. The van der Waals surface area contributed by atoms with Gasteiger partial charge in [0.15, 0.2) is 0 Å². The molecule has 1 N–H and O–H groups in total. The third kappa shape index (κ3) is 4.41. The van der Waals surface area contributed by atoms with Crippen LogP contribution in [0.5, 0.6) is 6.01 Å². The largest absolute Gasteiger partial charge is 0.464 e. The lowest BCUT2D eigenvalue weighted by Gasteiger charge is -2.44. The fourth-order valence-corrected chi connectivity index (χ4v) is 3.44. The first-order valence-electron chi connectivity index (χ1n) is 9.33. The Labute approximate surface area is 159 Å². The molecule has 27 heavy (non-hydrogen) atoms. The monoisotopic (exact) mass is 373 g/mol. The number of rotatable bonds is 6. The van der Waals surface area contributed by atoms with Crippen LogP contribution < -0.4 is 14.5 Å². The summed E-state index contributed by atoms with van der Waals surface area (Å²) in [5.74, 6) is 2.84. The van der Waals surface area contributed by atoms with E-state index in [9.17, 15) is 0 Å². The second-order valence-electron chi connectivity index (χ2n) is 6.71. The van der Waals surface area contributed by atoms with Crippen LogP contribution in [0.15, 0.2) is 12.3 Å². The van der Waals surface area contributed by atoms with Gasteiger partial charge in [0, 0.05) is 37.8 Å². The lowest BCUT2D eigenvalue weighted by molar-refractivity contribution is 0.296. The van der Waals surface area contributed by atoms with Gasteiger partial charge in [-0.3, -0.25) is 0 Å². The Morgan fingerprint density at radius 3 is 2.56 bits per heavy atom. The summed E-state index contributed by atoms with van der Waals surface area (Å²) in [6.07, 6.45) is 2.21. The highest BCUT2D eigenvalue weighted by molar-refractivity contribution is 5.44. The van der Waals surface area contributed by atoms with Crippen LogP contribution >= 0.6 is 0 Å². The minimum Gasteiger partial charge on any atom is -0.464 e. The van der Waals surface area contributed by atoms with Gasteiger partial charge in [-0.1, -0.05) is 0 Å². The van der Waals surface area contributed by atoms with Gasteiger partial charge < -0.3 is 19.6 Å². The van der Waals surface area contributed by atoms with Crippen molar-refractivity contribution in [1.82, 2.24) is 24.9 Å². The van der Waals surface area contributed by atoms with Crippen molar-refractivity contribution in [1.29, 1.82) is 0 Å².